The molecule has 2 heterocycles. The molecule has 1 aromatic heterocycles. The van der Waals surface area contributed by atoms with Gasteiger partial charge in [-0.1, -0.05) is 30.3 Å². The number of aryl methyl sites for hydroxylation is 1. The standard InChI is InChI=1S/C16H18N4O2/c1-12-9-16(18-10-15(12)20(21)22)19-8-7-17-14(11-19)13-5-3-2-4-6-13/h2-6,9-10,14,17H,7-8,11H2,1H3. The zero-order valence-electron chi connectivity index (χ0n) is 12.4. The molecule has 6 nitrogen and oxygen atoms in total. The summed E-state index contributed by atoms with van der Waals surface area (Å²) in [7, 11) is 0. The number of nitrogens with one attached hydrogen (secondary N) is 1. The second kappa shape index (κ2) is 6.11. The SMILES string of the molecule is Cc1cc(N2CCNC(c3ccccc3)C2)ncc1[N+](=O)[O-]. The maximum absolute atomic E-state index is 10.9. The van der Waals surface area contributed by atoms with Gasteiger partial charge in [-0.25, -0.2) is 4.98 Å². The van der Waals surface area contributed by atoms with Crippen molar-refractivity contribution in [2.45, 2.75) is 13.0 Å². The molecule has 6 heteroatoms. The normalized spacial score (nSPS) is 18.2. The number of piperazine rings is 1. The van der Waals surface area contributed by atoms with Gasteiger partial charge >= 0.3 is 0 Å². The number of pyridine rings is 1. The molecule has 0 radical (unpaired) electrons. The van der Waals surface area contributed by atoms with Crippen molar-refractivity contribution >= 4 is 11.5 Å². The zero-order chi connectivity index (χ0) is 15.5. The molecule has 3 rings (SSSR count). The fourth-order valence-electron chi connectivity index (χ4n) is 2.76. The molecule has 1 unspecified atom stereocenters. The van der Waals surface area contributed by atoms with Gasteiger partial charge in [0, 0.05) is 31.2 Å². The molecule has 1 aliphatic heterocycles. The van der Waals surface area contributed by atoms with E-state index in [2.05, 4.69) is 27.3 Å². The summed E-state index contributed by atoms with van der Waals surface area (Å²) in [5.41, 5.74) is 1.95. The molecule has 114 valence electrons. The number of nitrogens with zero attached hydrogens (tertiary/aromatic N) is 3. The van der Waals surface area contributed by atoms with E-state index < -0.39 is 4.92 Å². The number of anilines is 1. The van der Waals surface area contributed by atoms with Crippen LogP contribution in [-0.2, 0) is 0 Å². The van der Waals surface area contributed by atoms with Crippen molar-refractivity contribution in [3.63, 3.8) is 0 Å². The van der Waals surface area contributed by atoms with Crippen molar-refractivity contribution in [3.05, 3.63) is 63.8 Å². The third-order valence-corrected chi connectivity index (χ3v) is 3.97. The van der Waals surface area contributed by atoms with Gasteiger partial charge in [0.25, 0.3) is 5.69 Å². The summed E-state index contributed by atoms with van der Waals surface area (Å²) < 4.78 is 0. The number of nitro groups is 1. The van der Waals surface area contributed by atoms with Crippen molar-refractivity contribution in [1.29, 1.82) is 0 Å². The van der Waals surface area contributed by atoms with Crippen molar-refractivity contribution in [3.8, 4) is 0 Å². The molecule has 1 fully saturated rings. The largest absolute Gasteiger partial charge is 0.353 e. The van der Waals surface area contributed by atoms with Crippen molar-refractivity contribution in [1.82, 2.24) is 10.3 Å². The van der Waals surface area contributed by atoms with E-state index in [1.54, 1.807) is 13.0 Å². The average Bonchev–Trinajstić information content (AvgIpc) is 2.55. The highest BCUT2D eigenvalue weighted by Gasteiger charge is 2.22. The number of benzene rings is 1. The number of rotatable bonds is 3. The Hall–Kier alpha value is -2.47. The fraction of sp³-hybridized carbons (Fsp3) is 0.312. The van der Waals surface area contributed by atoms with Crippen LogP contribution in [0.3, 0.4) is 0 Å². The summed E-state index contributed by atoms with van der Waals surface area (Å²) in [6.45, 7) is 4.25. The lowest BCUT2D eigenvalue weighted by Gasteiger charge is -2.34. The molecule has 0 bridgehead atoms. The molecule has 1 N–H and O–H groups in total. The van der Waals surface area contributed by atoms with Gasteiger partial charge in [-0.3, -0.25) is 10.1 Å². The fourth-order valence-corrected chi connectivity index (χ4v) is 2.76. The summed E-state index contributed by atoms with van der Waals surface area (Å²) in [5.74, 6) is 0.797. The second-order valence-electron chi connectivity index (χ2n) is 5.45. The maximum atomic E-state index is 10.9. The molecule has 0 aliphatic carbocycles. The van der Waals surface area contributed by atoms with Crippen LogP contribution in [0.2, 0.25) is 0 Å². The average molecular weight is 298 g/mol. The lowest BCUT2D eigenvalue weighted by molar-refractivity contribution is -0.385. The Kier molecular flexibility index (Phi) is 4.02. The van der Waals surface area contributed by atoms with Crippen LogP contribution in [0.4, 0.5) is 11.5 Å². The van der Waals surface area contributed by atoms with Gasteiger partial charge in [0.15, 0.2) is 0 Å². The molecular formula is C16H18N4O2. The first kappa shape index (κ1) is 14.5. The summed E-state index contributed by atoms with van der Waals surface area (Å²) >= 11 is 0. The van der Waals surface area contributed by atoms with E-state index in [0.717, 1.165) is 25.5 Å². The lowest BCUT2D eigenvalue weighted by Crippen LogP contribution is -2.46. The van der Waals surface area contributed by atoms with Crippen LogP contribution >= 0.6 is 0 Å². The number of hydrogen-bond donors (Lipinski definition) is 1. The molecule has 0 spiro atoms. The first-order chi connectivity index (χ1) is 10.6. The smallest absolute Gasteiger partial charge is 0.290 e. The first-order valence-electron chi connectivity index (χ1n) is 7.29. The third-order valence-electron chi connectivity index (χ3n) is 3.97. The van der Waals surface area contributed by atoms with Crippen LogP contribution in [0.5, 0.6) is 0 Å². The van der Waals surface area contributed by atoms with Crippen molar-refractivity contribution in [2.75, 3.05) is 24.5 Å². The van der Waals surface area contributed by atoms with Crippen LogP contribution in [0, 0.1) is 17.0 Å². The van der Waals surface area contributed by atoms with E-state index in [9.17, 15) is 10.1 Å². The highest BCUT2D eigenvalue weighted by Crippen LogP contribution is 2.24. The molecular weight excluding hydrogens is 280 g/mol. The summed E-state index contributed by atoms with van der Waals surface area (Å²) in [4.78, 5) is 16.9. The Bertz CT molecular complexity index is 675. The van der Waals surface area contributed by atoms with Crippen LogP contribution in [0.25, 0.3) is 0 Å². The van der Waals surface area contributed by atoms with Crippen molar-refractivity contribution < 1.29 is 4.92 Å². The van der Waals surface area contributed by atoms with Gasteiger partial charge in [0.1, 0.15) is 12.0 Å². The molecule has 2 aromatic rings. The highest BCUT2D eigenvalue weighted by atomic mass is 16.6. The van der Waals surface area contributed by atoms with Gasteiger partial charge in [0.2, 0.25) is 0 Å². The number of hydrogen-bond acceptors (Lipinski definition) is 5. The molecule has 0 amide bonds. The van der Waals surface area contributed by atoms with Gasteiger partial charge in [0.05, 0.1) is 4.92 Å². The topological polar surface area (TPSA) is 71.3 Å². The predicted molar refractivity (Wildman–Crippen MR) is 85.0 cm³/mol. The third kappa shape index (κ3) is 2.92. The Morgan fingerprint density at radius 1 is 1.36 bits per heavy atom. The summed E-state index contributed by atoms with van der Waals surface area (Å²) in [6.07, 6.45) is 1.35. The minimum Gasteiger partial charge on any atom is -0.353 e. The zero-order valence-corrected chi connectivity index (χ0v) is 12.4. The summed E-state index contributed by atoms with van der Waals surface area (Å²) in [6, 6.07) is 12.3. The first-order valence-corrected chi connectivity index (χ1v) is 7.29. The Morgan fingerprint density at radius 2 is 2.14 bits per heavy atom. The molecule has 22 heavy (non-hydrogen) atoms. The van der Waals surface area contributed by atoms with Crippen LogP contribution in [0.1, 0.15) is 17.2 Å². The lowest BCUT2D eigenvalue weighted by atomic mass is 10.0. The monoisotopic (exact) mass is 298 g/mol. The molecule has 1 atom stereocenters. The van der Waals surface area contributed by atoms with Gasteiger partial charge in [-0.05, 0) is 18.6 Å². The summed E-state index contributed by atoms with van der Waals surface area (Å²) in [5, 5.41) is 14.4. The Balaban J connectivity index is 1.80. The predicted octanol–water partition coefficient (Wildman–Crippen LogP) is 2.45. The van der Waals surface area contributed by atoms with Crippen LogP contribution in [-0.4, -0.2) is 29.5 Å². The highest BCUT2D eigenvalue weighted by molar-refractivity contribution is 5.49. The van der Waals surface area contributed by atoms with Gasteiger partial charge in [-0.2, -0.15) is 0 Å². The van der Waals surface area contributed by atoms with E-state index >= 15 is 0 Å². The second-order valence-corrected chi connectivity index (χ2v) is 5.45. The minimum atomic E-state index is -0.392. The molecule has 1 saturated heterocycles. The van der Waals surface area contributed by atoms with E-state index in [-0.39, 0.29) is 11.7 Å². The van der Waals surface area contributed by atoms with E-state index in [0.29, 0.717) is 5.56 Å². The molecule has 1 aromatic carbocycles. The van der Waals surface area contributed by atoms with E-state index in [4.69, 9.17) is 0 Å². The van der Waals surface area contributed by atoms with Crippen LogP contribution < -0.4 is 10.2 Å². The minimum absolute atomic E-state index is 0.0680. The van der Waals surface area contributed by atoms with E-state index in [1.165, 1.54) is 11.8 Å². The van der Waals surface area contributed by atoms with Crippen LogP contribution in [0.15, 0.2) is 42.6 Å². The Morgan fingerprint density at radius 3 is 2.82 bits per heavy atom. The van der Waals surface area contributed by atoms with E-state index in [1.807, 2.05) is 18.2 Å². The van der Waals surface area contributed by atoms with Gasteiger partial charge < -0.3 is 10.2 Å². The molecule has 1 aliphatic rings. The Labute approximate surface area is 128 Å². The van der Waals surface area contributed by atoms with Crippen molar-refractivity contribution in [2.24, 2.45) is 0 Å². The molecule has 0 saturated carbocycles. The quantitative estimate of drug-likeness (QED) is 0.696. The maximum Gasteiger partial charge on any atom is 0.290 e. The number of aromatic nitrogens is 1. The van der Waals surface area contributed by atoms with Gasteiger partial charge in [-0.15, -0.1) is 0 Å².